The summed E-state index contributed by atoms with van der Waals surface area (Å²) in [7, 11) is 0. The number of carbonyl (C=O) groups excluding carboxylic acids is 1. The molecule has 5 nitrogen and oxygen atoms in total. The molecule has 1 aromatic heterocycles. The van der Waals surface area contributed by atoms with E-state index in [1.807, 2.05) is 24.3 Å². The van der Waals surface area contributed by atoms with Crippen LogP contribution in [0.25, 0.3) is 0 Å². The van der Waals surface area contributed by atoms with Crippen LogP contribution < -0.4 is 11.1 Å². The van der Waals surface area contributed by atoms with Gasteiger partial charge in [0.15, 0.2) is 0 Å². The van der Waals surface area contributed by atoms with E-state index < -0.39 is 0 Å². The SMILES string of the molecule is CC(C)(C)c1ccc(NC(=O)c2cc(N)n[nH]2)cc1. The molecule has 0 fully saturated rings. The van der Waals surface area contributed by atoms with E-state index in [0.29, 0.717) is 11.5 Å². The summed E-state index contributed by atoms with van der Waals surface area (Å²) in [6, 6.07) is 9.29. The molecule has 0 aliphatic carbocycles. The van der Waals surface area contributed by atoms with Gasteiger partial charge in [-0.1, -0.05) is 32.9 Å². The molecule has 0 saturated heterocycles. The zero-order valence-electron chi connectivity index (χ0n) is 11.3. The van der Waals surface area contributed by atoms with E-state index in [0.717, 1.165) is 5.69 Å². The monoisotopic (exact) mass is 258 g/mol. The largest absolute Gasteiger partial charge is 0.382 e. The third kappa shape index (κ3) is 3.13. The Balaban J connectivity index is 2.10. The highest BCUT2D eigenvalue weighted by Crippen LogP contribution is 2.23. The summed E-state index contributed by atoms with van der Waals surface area (Å²) >= 11 is 0. The van der Waals surface area contributed by atoms with Crippen LogP contribution in [0.4, 0.5) is 11.5 Å². The van der Waals surface area contributed by atoms with Crippen molar-refractivity contribution in [2.45, 2.75) is 26.2 Å². The van der Waals surface area contributed by atoms with Crippen molar-refractivity contribution >= 4 is 17.4 Å². The fourth-order valence-electron chi connectivity index (χ4n) is 1.71. The first-order valence-electron chi connectivity index (χ1n) is 6.09. The predicted octanol–water partition coefficient (Wildman–Crippen LogP) is 2.54. The molecule has 0 unspecified atom stereocenters. The molecule has 0 saturated carbocycles. The summed E-state index contributed by atoms with van der Waals surface area (Å²) in [6.07, 6.45) is 0. The van der Waals surface area contributed by atoms with Crippen molar-refractivity contribution in [3.63, 3.8) is 0 Å². The highest BCUT2D eigenvalue weighted by molar-refractivity contribution is 6.03. The lowest BCUT2D eigenvalue weighted by atomic mass is 9.87. The molecule has 0 aliphatic rings. The Bertz CT molecular complexity index is 578. The average Bonchev–Trinajstić information content (AvgIpc) is 2.75. The number of nitrogen functional groups attached to an aromatic ring is 1. The van der Waals surface area contributed by atoms with E-state index >= 15 is 0 Å². The molecule has 0 atom stereocenters. The lowest BCUT2D eigenvalue weighted by molar-refractivity contribution is 0.102. The Morgan fingerprint density at radius 1 is 1.26 bits per heavy atom. The third-order valence-corrected chi connectivity index (χ3v) is 2.85. The number of nitrogens with two attached hydrogens (primary N) is 1. The van der Waals surface area contributed by atoms with Crippen LogP contribution >= 0.6 is 0 Å². The van der Waals surface area contributed by atoms with Crippen LogP contribution in [0.3, 0.4) is 0 Å². The maximum absolute atomic E-state index is 11.9. The molecule has 1 aromatic carbocycles. The van der Waals surface area contributed by atoms with Gasteiger partial charge in [-0.15, -0.1) is 0 Å². The average molecular weight is 258 g/mol. The zero-order chi connectivity index (χ0) is 14.0. The maximum atomic E-state index is 11.9. The molecule has 4 N–H and O–H groups in total. The van der Waals surface area contributed by atoms with Crippen LogP contribution in [-0.4, -0.2) is 16.1 Å². The quantitative estimate of drug-likeness (QED) is 0.774. The topological polar surface area (TPSA) is 83.8 Å². The van der Waals surface area contributed by atoms with Gasteiger partial charge < -0.3 is 11.1 Å². The summed E-state index contributed by atoms with van der Waals surface area (Å²) in [5.41, 5.74) is 7.86. The van der Waals surface area contributed by atoms with Crippen molar-refractivity contribution in [2.24, 2.45) is 0 Å². The summed E-state index contributed by atoms with van der Waals surface area (Å²) in [5.74, 6) is 0.0425. The van der Waals surface area contributed by atoms with Crippen LogP contribution in [0.15, 0.2) is 30.3 Å². The molecule has 100 valence electrons. The Kier molecular flexibility index (Phi) is 3.29. The Labute approximate surface area is 112 Å². The number of hydrogen-bond donors (Lipinski definition) is 3. The van der Waals surface area contributed by atoms with Gasteiger partial charge in [0.2, 0.25) is 0 Å². The molecule has 0 spiro atoms. The minimum Gasteiger partial charge on any atom is -0.382 e. The van der Waals surface area contributed by atoms with Crippen LogP contribution in [0.2, 0.25) is 0 Å². The first-order valence-corrected chi connectivity index (χ1v) is 6.09. The number of aromatic amines is 1. The van der Waals surface area contributed by atoms with E-state index in [4.69, 9.17) is 5.73 Å². The van der Waals surface area contributed by atoms with E-state index in [9.17, 15) is 4.79 Å². The molecule has 2 aromatic rings. The standard InChI is InChI=1S/C14H18N4O/c1-14(2,3)9-4-6-10(7-5-9)16-13(19)11-8-12(15)18-17-11/h4-8H,1-3H3,(H,16,19)(H3,15,17,18). The molecule has 1 heterocycles. The number of nitrogens with one attached hydrogen (secondary N) is 2. The second-order valence-corrected chi connectivity index (χ2v) is 5.49. The lowest BCUT2D eigenvalue weighted by Crippen LogP contribution is -2.14. The van der Waals surface area contributed by atoms with Crippen LogP contribution in [-0.2, 0) is 5.41 Å². The summed E-state index contributed by atoms with van der Waals surface area (Å²) in [5, 5.41) is 9.08. The molecule has 19 heavy (non-hydrogen) atoms. The zero-order valence-corrected chi connectivity index (χ0v) is 11.3. The van der Waals surface area contributed by atoms with Gasteiger partial charge in [0.05, 0.1) is 0 Å². The second kappa shape index (κ2) is 4.76. The van der Waals surface area contributed by atoms with Crippen molar-refractivity contribution in [3.05, 3.63) is 41.6 Å². The van der Waals surface area contributed by atoms with E-state index in [2.05, 4.69) is 36.3 Å². The van der Waals surface area contributed by atoms with Crippen molar-refractivity contribution in [1.82, 2.24) is 10.2 Å². The molecular formula is C14H18N4O. The molecular weight excluding hydrogens is 240 g/mol. The third-order valence-electron chi connectivity index (χ3n) is 2.85. The molecule has 0 bridgehead atoms. The highest BCUT2D eigenvalue weighted by atomic mass is 16.1. The smallest absolute Gasteiger partial charge is 0.273 e. The minimum atomic E-state index is -0.257. The molecule has 1 amide bonds. The number of anilines is 2. The number of benzene rings is 1. The second-order valence-electron chi connectivity index (χ2n) is 5.49. The minimum absolute atomic E-state index is 0.0976. The van der Waals surface area contributed by atoms with Gasteiger partial charge in [0.1, 0.15) is 11.5 Å². The number of carbonyl (C=O) groups is 1. The highest BCUT2D eigenvalue weighted by Gasteiger charge is 2.14. The first kappa shape index (κ1) is 13.1. The predicted molar refractivity (Wildman–Crippen MR) is 76.1 cm³/mol. The normalized spacial score (nSPS) is 11.3. The van der Waals surface area contributed by atoms with Crippen LogP contribution in [0.5, 0.6) is 0 Å². The summed E-state index contributed by atoms with van der Waals surface area (Å²) in [6.45, 7) is 6.44. The van der Waals surface area contributed by atoms with Crippen LogP contribution in [0, 0.1) is 0 Å². The molecule has 2 rings (SSSR count). The molecule has 5 heteroatoms. The number of aromatic nitrogens is 2. The molecule has 0 radical (unpaired) electrons. The Morgan fingerprint density at radius 3 is 2.37 bits per heavy atom. The van der Waals surface area contributed by atoms with Crippen molar-refractivity contribution in [2.75, 3.05) is 11.1 Å². The van der Waals surface area contributed by atoms with Gasteiger partial charge in [-0.3, -0.25) is 9.89 Å². The van der Waals surface area contributed by atoms with E-state index in [1.165, 1.54) is 11.6 Å². The fourth-order valence-corrected chi connectivity index (χ4v) is 1.71. The number of rotatable bonds is 2. The van der Waals surface area contributed by atoms with Crippen LogP contribution in [0.1, 0.15) is 36.8 Å². The lowest BCUT2D eigenvalue weighted by Gasteiger charge is -2.19. The van der Waals surface area contributed by atoms with Crippen molar-refractivity contribution in [3.8, 4) is 0 Å². The summed E-state index contributed by atoms with van der Waals surface area (Å²) in [4.78, 5) is 11.9. The number of H-pyrrole nitrogens is 1. The van der Waals surface area contributed by atoms with Gasteiger partial charge in [0.25, 0.3) is 5.91 Å². The Morgan fingerprint density at radius 2 is 1.89 bits per heavy atom. The number of nitrogens with zero attached hydrogens (tertiary/aromatic N) is 1. The number of amides is 1. The van der Waals surface area contributed by atoms with E-state index in [1.54, 1.807) is 0 Å². The van der Waals surface area contributed by atoms with Gasteiger partial charge in [0, 0.05) is 11.8 Å². The molecule has 0 aliphatic heterocycles. The first-order chi connectivity index (χ1) is 8.86. The number of hydrogen-bond acceptors (Lipinski definition) is 3. The maximum Gasteiger partial charge on any atom is 0.273 e. The Hall–Kier alpha value is -2.30. The van der Waals surface area contributed by atoms with E-state index in [-0.39, 0.29) is 11.3 Å². The van der Waals surface area contributed by atoms with Gasteiger partial charge in [-0.2, -0.15) is 5.10 Å². The fraction of sp³-hybridized carbons (Fsp3) is 0.286. The summed E-state index contributed by atoms with van der Waals surface area (Å²) < 4.78 is 0. The van der Waals surface area contributed by atoms with Crippen molar-refractivity contribution < 1.29 is 4.79 Å². The van der Waals surface area contributed by atoms with Gasteiger partial charge in [-0.05, 0) is 23.1 Å². The van der Waals surface area contributed by atoms with Gasteiger partial charge >= 0.3 is 0 Å². The van der Waals surface area contributed by atoms with Gasteiger partial charge in [-0.25, -0.2) is 0 Å². The van der Waals surface area contributed by atoms with Crippen molar-refractivity contribution in [1.29, 1.82) is 0 Å².